The predicted molar refractivity (Wildman–Crippen MR) is 86.5 cm³/mol. The zero-order valence-electron chi connectivity index (χ0n) is 13.4. The highest BCUT2D eigenvalue weighted by Crippen LogP contribution is 2.21. The van der Waals surface area contributed by atoms with Crippen LogP contribution in [0.25, 0.3) is 0 Å². The van der Waals surface area contributed by atoms with Crippen LogP contribution in [0.3, 0.4) is 0 Å². The van der Waals surface area contributed by atoms with Gasteiger partial charge in [0.1, 0.15) is 5.82 Å². The molecule has 0 aromatic carbocycles. The Bertz CT molecular complexity index is 416. The fraction of sp³-hybridized carbons (Fsp3) is 0.706. The van der Waals surface area contributed by atoms with E-state index in [0.29, 0.717) is 5.92 Å². The molecule has 1 fully saturated rings. The lowest BCUT2D eigenvalue weighted by atomic mass is 10.0. The van der Waals surface area contributed by atoms with Crippen LogP contribution in [0.15, 0.2) is 18.2 Å². The Morgan fingerprint density at radius 3 is 2.55 bits per heavy atom. The lowest BCUT2D eigenvalue weighted by molar-refractivity contribution is 0.410. The summed E-state index contributed by atoms with van der Waals surface area (Å²) < 4.78 is 0. The summed E-state index contributed by atoms with van der Waals surface area (Å²) in [5, 5.41) is 3.57. The van der Waals surface area contributed by atoms with Crippen LogP contribution in [0.5, 0.6) is 0 Å². The van der Waals surface area contributed by atoms with Crippen LogP contribution >= 0.6 is 0 Å². The zero-order chi connectivity index (χ0) is 14.6. The highest BCUT2D eigenvalue weighted by Gasteiger charge is 2.16. The molecule has 1 aromatic heterocycles. The molecule has 1 aromatic rings. The number of aromatic nitrogens is 1. The summed E-state index contributed by atoms with van der Waals surface area (Å²) >= 11 is 0. The number of piperidine rings is 1. The molecule has 1 saturated heterocycles. The van der Waals surface area contributed by atoms with Gasteiger partial charge in [0.25, 0.3) is 0 Å². The largest absolute Gasteiger partial charge is 0.357 e. The second-order valence-electron chi connectivity index (χ2n) is 7.00. The van der Waals surface area contributed by atoms with Crippen LogP contribution < -0.4 is 10.2 Å². The third-order valence-electron chi connectivity index (χ3n) is 3.88. The van der Waals surface area contributed by atoms with Crippen LogP contribution in [0, 0.1) is 0 Å². The quantitative estimate of drug-likeness (QED) is 0.910. The monoisotopic (exact) mass is 275 g/mol. The Hall–Kier alpha value is -1.09. The molecule has 20 heavy (non-hydrogen) atoms. The van der Waals surface area contributed by atoms with E-state index in [1.54, 1.807) is 0 Å². The summed E-state index contributed by atoms with van der Waals surface area (Å²) in [6.45, 7) is 12.2. The number of rotatable bonds is 4. The molecule has 1 aliphatic rings. The first-order chi connectivity index (χ1) is 9.46. The van der Waals surface area contributed by atoms with Crippen molar-refractivity contribution in [2.24, 2.45) is 0 Å². The third kappa shape index (κ3) is 4.48. The molecule has 0 aliphatic carbocycles. The molecule has 0 spiro atoms. The summed E-state index contributed by atoms with van der Waals surface area (Å²) in [6.07, 6.45) is 3.96. The molecule has 0 bridgehead atoms. The second-order valence-corrected chi connectivity index (χ2v) is 7.00. The molecule has 112 valence electrons. The van der Waals surface area contributed by atoms with Crippen molar-refractivity contribution in [3.8, 4) is 0 Å². The van der Waals surface area contributed by atoms with E-state index in [-0.39, 0.29) is 5.54 Å². The maximum atomic E-state index is 4.88. The number of hydrogen-bond acceptors (Lipinski definition) is 3. The minimum absolute atomic E-state index is 0.165. The van der Waals surface area contributed by atoms with Gasteiger partial charge in [0, 0.05) is 36.8 Å². The Labute approximate surface area is 123 Å². The third-order valence-corrected chi connectivity index (χ3v) is 3.88. The highest BCUT2D eigenvalue weighted by atomic mass is 15.2. The molecule has 2 rings (SSSR count). The second kappa shape index (κ2) is 6.57. The van der Waals surface area contributed by atoms with Crippen molar-refractivity contribution in [1.82, 2.24) is 10.3 Å². The predicted octanol–water partition coefficient (Wildman–Crippen LogP) is 3.56. The summed E-state index contributed by atoms with van der Waals surface area (Å²) in [4.78, 5) is 7.31. The average molecular weight is 275 g/mol. The fourth-order valence-electron chi connectivity index (χ4n) is 2.58. The fourth-order valence-corrected chi connectivity index (χ4v) is 2.58. The van der Waals surface area contributed by atoms with Gasteiger partial charge in [-0.3, -0.25) is 0 Å². The number of hydrogen-bond donors (Lipinski definition) is 1. The van der Waals surface area contributed by atoms with E-state index >= 15 is 0 Å². The first kappa shape index (κ1) is 15.3. The molecular weight excluding hydrogens is 246 g/mol. The Morgan fingerprint density at radius 1 is 1.20 bits per heavy atom. The van der Waals surface area contributed by atoms with Crippen molar-refractivity contribution in [3.63, 3.8) is 0 Å². The number of nitrogens with zero attached hydrogens (tertiary/aromatic N) is 2. The van der Waals surface area contributed by atoms with Gasteiger partial charge in [0.05, 0.1) is 0 Å². The van der Waals surface area contributed by atoms with Crippen molar-refractivity contribution in [2.45, 2.75) is 58.4 Å². The van der Waals surface area contributed by atoms with E-state index < -0.39 is 0 Å². The Morgan fingerprint density at radius 2 is 1.90 bits per heavy atom. The van der Waals surface area contributed by atoms with Crippen LogP contribution in [0.1, 0.15) is 58.6 Å². The molecule has 0 unspecified atom stereocenters. The average Bonchev–Trinajstić information content (AvgIpc) is 2.45. The normalized spacial score (nSPS) is 18.1. The molecule has 3 nitrogen and oxygen atoms in total. The Kier molecular flexibility index (Phi) is 5.03. The topological polar surface area (TPSA) is 28.2 Å². The van der Waals surface area contributed by atoms with Crippen LogP contribution in [0.2, 0.25) is 0 Å². The maximum absolute atomic E-state index is 4.88. The van der Waals surface area contributed by atoms with Gasteiger partial charge in [-0.2, -0.15) is 0 Å². The molecule has 0 amide bonds. The molecule has 1 N–H and O–H groups in total. The minimum atomic E-state index is 0.165. The van der Waals surface area contributed by atoms with Crippen molar-refractivity contribution in [3.05, 3.63) is 23.9 Å². The van der Waals surface area contributed by atoms with E-state index in [1.165, 1.54) is 25.0 Å². The van der Waals surface area contributed by atoms with Crippen molar-refractivity contribution in [2.75, 3.05) is 24.5 Å². The summed E-state index contributed by atoms with van der Waals surface area (Å²) in [7, 11) is 0. The summed E-state index contributed by atoms with van der Waals surface area (Å²) in [5.41, 5.74) is 1.36. The van der Waals surface area contributed by atoms with Crippen molar-refractivity contribution in [1.29, 1.82) is 0 Å². The standard InChI is InChI=1S/C17H29N3/c1-14(13-18-17(2,3)4)15-9-8-10-16(19-15)20-11-6-5-7-12-20/h8-10,14,18H,5-7,11-13H2,1-4H3/t14-/m1/s1. The number of anilines is 1. The Balaban J connectivity index is 2.01. The van der Waals surface area contributed by atoms with E-state index in [9.17, 15) is 0 Å². The van der Waals surface area contributed by atoms with Crippen molar-refractivity contribution < 1.29 is 0 Å². The van der Waals surface area contributed by atoms with Gasteiger partial charge in [0.15, 0.2) is 0 Å². The summed E-state index contributed by atoms with van der Waals surface area (Å²) in [6, 6.07) is 6.46. The molecular formula is C17H29N3. The first-order valence-corrected chi connectivity index (χ1v) is 7.93. The SMILES string of the molecule is C[C@H](CNC(C)(C)C)c1cccc(N2CCCCC2)n1. The molecule has 0 radical (unpaired) electrons. The highest BCUT2D eigenvalue weighted by molar-refractivity contribution is 5.40. The number of nitrogens with one attached hydrogen (secondary N) is 1. The molecule has 1 aliphatic heterocycles. The molecule has 2 heterocycles. The van der Waals surface area contributed by atoms with Gasteiger partial charge >= 0.3 is 0 Å². The van der Waals surface area contributed by atoms with E-state index in [4.69, 9.17) is 4.98 Å². The smallest absolute Gasteiger partial charge is 0.128 e. The first-order valence-electron chi connectivity index (χ1n) is 7.93. The van der Waals surface area contributed by atoms with E-state index in [0.717, 1.165) is 25.5 Å². The zero-order valence-corrected chi connectivity index (χ0v) is 13.4. The van der Waals surface area contributed by atoms with Gasteiger partial charge in [0.2, 0.25) is 0 Å². The van der Waals surface area contributed by atoms with Gasteiger partial charge < -0.3 is 10.2 Å². The van der Waals surface area contributed by atoms with Gasteiger partial charge in [-0.15, -0.1) is 0 Å². The maximum Gasteiger partial charge on any atom is 0.128 e. The van der Waals surface area contributed by atoms with Crippen molar-refractivity contribution >= 4 is 5.82 Å². The number of pyridine rings is 1. The minimum Gasteiger partial charge on any atom is -0.357 e. The van der Waals surface area contributed by atoms with Gasteiger partial charge in [-0.05, 0) is 52.2 Å². The van der Waals surface area contributed by atoms with Crippen LogP contribution in [-0.4, -0.2) is 30.2 Å². The van der Waals surface area contributed by atoms with Gasteiger partial charge in [-0.1, -0.05) is 13.0 Å². The van der Waals surface area contributed by atoms with Gasteiger partial charge in [-0.25, -0.2) is 4.98 Å². The van der Waals surface area contributed by atoms with E-state index in [2.05, 4.69) is 56.1 Å². The van der Waals surface area contributed by atoms with Crippen LogP contribution in [0.4, 0.5) is 5.82 Å². The summed E-state index contributed by atoms with van der Waals surface area (Å²) in [5.74, 6) is 1.60. The molecule has 0 saturated carbocycles. The van der Waals surface area contributed by atoms with E-state index in [1.807, 2.05) is 0 Å². The molecule has 1 atom stereocenters. The lowest BCUT2D eigenvalue weighted by Crippen LogP contribution is -2.38. The lowest BCUT2D eigenvalue weighted by Gasteiger charge is -2.28. The van der Waals surface area contributed by atoms with Crippen LogP contribution in [-0.2, 0) is 0 Å². The molecule has 3 heteroatoms.